The molecule has 84 valence electrons. The van der Waals surface area contributed by atoms with Gasteiger partial charge in [-0.25, -0.2) is 0 Å². The largest absolute Gasteiger partial charge is 0.324 e. The van der Waals surface area contributed by atoms with Crippen LogP contribution in [0.4, 0.5) is 0 Å². The van der Waals surface area contributed by atoms with Gasteiger partial charge < -0.3 is 5.73 Å². The van der Waals surface area contributed by atoms with Gasteiger partial charge in [-0.1, -0.05) is 32.4 Å². The number of thioether (sulfide) groups is 1. The van der Waals surface area contributed by atoms with Gasteiger partial charge in [-0.2, -0.15) is 0 Å². The van der Waals surface area contributed by atoms with Crippen LogP contribution in [-0.2, 0) is 0 Å². The highest BCUT2D eigenvalue weighted by atomic mass is 32.2. The summed E-state index contributed by atoms with van der Waals surface area (Å²) in [4.78, 5) is 1.36. The molecule has 1 atom stereocenters. The fraction of sp³-hybridized carbons (Fsp3) is 0.538. The molecule has 2 N–H and O–H groups in total. The SMILES string of the molecule is CCCCSc1ccc([C@@H](N)CC)cc1. The average molecular weight is 223 g/mol. The average Bonchev–Trinajstić information content (AvgIpc) is 2.29. The van der Waals surface area contributed by atoms with E-state index in [4.69, 9.17) is 5.73 Å². The fourth-order valence-electron chi connectivity index (χ4n) is 1.38. The molecule has 0 spiro atoms. The second kappa shape index (κ2) is 6.91. The summed E-state index contributed by atoms with van der Waals surface area (Å²) in [6, 6.07) is 8.88. The van der Waals surface area contributed by atoms with Crippen molar-refractivity contribution in [2.75, 3.05) is 5.75 Å². The molecule has 1 aromatic carbocycles. The number of rotatable bonds is 6. The van der Waals surface area contributed by atoms with Gasteiger partial charge in [-0.3, -0.25) is 0 Å². The Balaban J connectivity index is 2.49. The highest BCUT2D eigenvalue weighted by molar-refractivity contribution is 7.99. The summed E-state index contributed by atoms with van der Waals surface area (Å²) in [7, 11) is 0. The molecule has 0 saturated heterocycles. The predicted molar refractivity (Wildman–Crippen MR) is 69.3 cm³/mol. The van der Waals surface area contributed by atoms with Crippen LogP contribution < -0.4 is 5.73 Å². The van der Waals surface area contributed by atoms with Crippen molar-refractivity contribution >= 4 is 11.8 Å². The van der Waals surface area contributed by atoms with Gasteiger partial charge in [0.15, 0.2) is 0 Å². The molecule has 0 aliphatic heterocycles. The minimum absolute atomic E-state index is 0.194. The standard InChI is InChI=1S/C13H21NS/c1-3-5-10-15-12-8-6-11(7-9-12)13(14)4-2/h6-9,13H,3-5,10,14H2,1-2H3/t13-/m0/s1. The second-order valence-electron chi connectivity index (χ2n) is 3.79. The molecule has 15 heavy (non-hydrogen) atoms. The van der Waals surface area contributed by atoms with Crippen molar-refractivity contribution in [3.63, 3.8) is 0 Å². The van der Waals surface area contributed by atoms with Gasteiger partial charge in [0.2, 0.25) is 0 Å². The molecule has 0 radical (unpaired) electrons. The van der Waals surface area contributed by atoms with E-state index in [0.29, 0.717) is 0 Å². The first kappa shape index (κ1) is 12.6. The smallest absolute Gasteiger partial charge is 0.0292 e. The third-order valence-electron chi connectivity index (χ3n) is 2.51. The minimum Gasteiger partial charge on any atom is -0.324 e. The summed E-state index contributed by atoms with van der Waals surface area (Å²) in [5.74, 6) is 1.22. The van der Waals surface area contributed by atoms with Gasteiger partial charge in [0.05, 0.1) is 0 Å². The molecule has 0 heterocycles. The summed E-state index contributed by atoms with van der Waals surface area (Å²) >= 11 is 1.93. The maximum atomic E-state index is 5.96. The first-order chi connectivity index (χ1) is 7.27. The maximum absolute atomic E-state index is 5.96. The normalized spacial score (nSPS) is 12.7. The molecule has 0 unspecified atom stereocenters. The Hall–Kier alpha value is -0.470. The molecule has 0 aliphatic carbocycles. The monoisotopic (exact) mass is 223 g/mol. The van der Waals surface area contributed by atoms with E-state index in [1.807, 2.05) is 11.8 Å². The van der Waals surface area contributed by atoms with Crippen molar-refractivity contribution in [1.29, 1.82) is 0 Å². The van der Waals surface area contributed by atoms with Crippen molar-refractivity contribution in [2.24, 2.45) is 5.73 Å². The lowest BCUT2D eigenvalue weighted by Gasteiger charge is -2.09. The highest BCUT2D eigenvalue weighted by Crippen LogP contribution is 2.22. The molecule has 2 heteroatoms. The predicted octanol–water partition coefficient (Wildman–Crippen LogP) is 3.99. The number of unbranched alkanes of at least 4 members (excludes halogenated alkanes) is 1. The van der Waals surface area contributed by atoms with Crippen LogP contribution in [0.15, 0.2) is 29.2 Å². The first-order valence-electron chi connectivity index (χ1n) is 5.76. The van der Waals surface area contributed by atoms with Crippen LogP contribution in [0.3, 0.4) is 0 Å². The van der Waals surface area contributed by atoms with Crippen molar-refractivity contribution in [2.45, 2.75) is 44.0 Å². The minimum atomic E-state index is 0.194. The molecule has 0 fully saturated rings. The molecule has 1 aromatic rings. The van der Waals surface area contributed by atoms with Gasteiger partial charge in [0.1, 0.15) is 0 Å². The maximum Gasteiger partial charge on any atom is 0.0292 e. The van der Waals surface area contributed by atoms with Crippen molar-refractivity contribution in [3.05, 3.63) is 29.8 Å². The Morgan fingerprint density at radius 3 is 2.40 bits per heavy atom. The molecule has 1 rings (SSSR count). The third-order valence-corrected chi connectivity index (χ3v) is 3.61. The van der Waals surface area contributed by atoms with E-state index in [1.165, 1.54) is 29.1 Å². The van der Waals surface area contributed by atoms with Gasteiger partial charge >= 0.3 is 0 Å². The van der Waals surface area contributed by atoms with Crippen molar-refractivity contribution in [1.82, 2.24) is 0 Å². The van der Waals surface area contributed by atoms with Gasteiger partial charge in [0, 0.05) is 10.9 Å². The van der Waals surface area contributed by atoms with Crippen LogP contribution in [0.25, 0.3) is 0 Å². The lowest BCUT2D eigenvalue weighted by atomic mass is 10.1. The van der Waals surface area contributed by atoms with E-state index in [2.05, 4.69) is 38.1 Å². The summed E-state index contributed by atoms with van der Waals surface area (Å²) in [5.41, 5.74) is 7.21. The lowest BCUT2D eigenvalue weighted by molar-refractivity contribution is 0.698. The van der Waals surface area contributed by atoms with E-state index in [-0.39, 0.29) is 6.04 Å². The van der Waals surface area contributed by atoms with Crippen molar-refractivity contribution in [3.8, 4) is 0 Å². The number of nitrogens with two attached hydrogens (primary N) is 1. The molecule has 0 amide bonds. The van der Waals surface area contributed by atoms with E-state index in [9.17, 15) is 0 Å². The Morgan fingerprint density at radius 2 is 1.87 bits per heavy atom. The second-order valence-corrected chi connectivity index (χ2v) is 4.95. The van der Waals surface area contributed by atoms with E-state index in [1.54, 1.807) is 0 Å². The number of hydrogen-bond acceptors (Lipinski definition) is 2. The van der Waals surface area contributed by atoms with Crippen molar-refractivity contribution < 1.29 is 0 Å². The zero-order valence-electron chi connectivity index (χ0n) is 9.70. The zero-order valence-corrected chi connectivity index (χ0v) is 10.5. The molecule has 0 bridgehead atoms. The van der Waals surface area contributed by atoms with Crippen LogP contribution in [0.5, 0.6) is 0 Å². The summed E-state index contributed by atoms with van der Waals surface area (Å²) in [6.45, 7) is 4.35. The van der Waals surface area contributed by atoms with E-state index in [0.717, 1.165) is 6.42 Å². The fourth-order valence-corrected chi connectivity index (χ4v) is 2.38. The van der Waals surface area contributed by atoms with Crippen LogP contribution in [-0.4, -0.2) is 5.75 Å². The lowest BCUT2D eigenvalue weighted by Crippen LogP contribution is -2.07. The van der Waals surface area contributed by atoms with Gasteiger partial charge in [-0.15, -0.1) is 11.8 Å². The Kier molecular flexibility index (Phi) is 5.81. The van der Waals surface area contributed by atoms with Crippen LogP contribution in [0, 0.1) is 0 Å². The first-order valence-corrected chi connectivity index (χ1v) is 6.74. The van der Waals surface area contributed by atoms with E-state index >= 15 is 0 Å². The van der Waals surface area contributed by atoms with Crippen LogP contribution in [0.1, 0.15) is 44.7 Å². The summed E-state index contributed by atoms with van der Waals surface area (Å²) < 4.78 is 0. The zero-order chi connectivity index (χ0) is 11.1. The number of hydrogen-bond donors (Lipinski definition) is 1. The summed E-state index contributed by atoms with van der Waals surface area (Å²) in [6.07, 6.45) is 3.56. The number of benzene rings is 1. The molecule has 1 nitrogen and oxygen atoms in total. The Morgan fingerprint density at radius 1 is 1.20 bits per heavy atom. The van der Waals surface area contributed by atoms with Crippen LogP contribution >= 0.6 is 11.8 Å². The quantitative estimate of drug-likeness (QED) is 0.583. The Bertz CT molecular complexity index is 268. The van der Waals surface area contributed by atoms with E-state index < -0.39 is 0 Å². The van der Waals surface area contributed by atoms with Gasteiger partial charge in [-0.05, 0) is 36.3 Å². The Labute approximate surface area is 97.4 Å². The molecular weight excluding hydrogens is 202 g/mol. The molecule has 0 aliphatic rings. The highest BCUT2D eigenvalue weighted by Gasteiger charge is 2.02. The molecule has 0 aromatic heterocycles. The summed E-state index contributed by atoms with van der Waals surface area (Å²) in [5, 5.41) is 0. The molecular formula is C13H21NS. The van der Waals surface area contributed by atoms with Gasteiger partial charge in [0.25, 0.3) is 0 Å². The third kappa shape index (κ3) is 4.27. The van der Waals surface area contributed by atoms with Crippen LogP contribution in [0.2, 0.25) is 0 Å². The molecule has 0 saturated carbocycles. The topological polar surface area (TPSA) is 26.0 Å².